The molecule has 19 heavy (non-hydrogen) atoms. The topological polar surface area (TPSA) is 36.9 Å². The molecular weight excluding hydrogens is 282 g/mol. The van der Waals surface area contributed by atoms with Crippen LogP contribution in [0.1, 0.15) is 11.3 Å². The van der Waals surface area contributed by atoms with E-state index in [1.807, 2.05) is 19.2 Å². The molecular formula is C13H20ClN3OS. The highest BCUT2D eigenvalue weighted by Crippen LogP contribution is 2.21. The first kappa shape index (κ1) is 14.6. The first-order valence-corrected chi connectivity index (χ1v) is 7.62. The molecule has 1 aromatic rings. The van der Waals surface area contributed by atoms with Crippen molar-refractivity contribution in [3.63, 3.8) is 0 Å². The van der Waals surface area contributed by atoms with Crippen LogP contribution in [0.5, 0.6) is 0 Å². The SMILES string of the molecule is CN=C(NCc1ccc(Cl)s1)N(C)CC1CCOC1. The number of ether oxygens (including phenoxy) is 1. The number of halogens is 1. The zero-order chi connectivity index (χ0) is 13.7. The fourth-order valence-corrected chi connectivity index (χ4v) is 3.23. The Kier molecular flexibility index (Phi) is 5.48. The van der Waals surface area contributed by atoms with Gasteiger partial charge < -0.3 is 15.0 Å². The lowest BCUT2D eigenvalue weighted by atomic mass is 10.1. The first-order chi connectivity index (χ1) is 9.19. The molecule has 0 aromatic carbocycles. The zero-order valence-electron chi connectivity index (χ0n) is 11.4. The monoisotopic (exact) mass is 301 g/mol. The summed E-state index contributed by atoms with van der Waals surface area (Å²) in [5.74, 6) is 1.52. The minimum absolute atomic E-state index is 0.611. The van der Waals surface area contributed by atoms with E-state index in [4.69, 9.17) is 16.3 Å². The fraction of sp³-hybridized carbons (Fsp3) is 0.615. The predicted molar refractivity (Wildman–Crippen MR) is 81.1 cm³/mol. The summed E-state index contributed by atoms with van der Waals surface area (Å²) in [6.45, 7) is 3.49. The Balaban J connectivity index is 1.81. The number of aliphatic imine (C=N–C) groups is 1. The van der Waals surface area contributed by atoms with Crippen molar-refractivity contribution in [2.45, 2.75) is 13.0 Å². The number of guanidine groups is 1. The number of rotatable bonds is 4. The van der Waals surface area contributed by atoms with Gasteiger partial charge in [0.25, 0.3) is 0 Å². The van der Waals surface area contributed by atoms with Crippen LogP contribution in [0.4, 0.5) is 0 Å². The number of hydrogen-bond donors (Lipinski definition) is 1. The predicted octanol–water partition coefficient (Wildman–Crippen LogP) is 2.45. The standard InChI is InChI=1S/C13H20ClN3OS/c1-15-13(16-7-11-3-4-12(14)19-11)17(2)8-10-5-6-18-9-10/h3-4,10H,5-9H2,1-2H3,(H,15,16). The molecule has 4 nitrogen and oxygen atoms in total. The van der Waals surface area contributed by atoms with Crippen molar-refractivity contribution in [2.24, 2.45) is 10.9 Å². The highest BCUT2D eigenvalue weighted by atomic mass is 35.5. The van der Waals surface area contributed by atoms with E-state index >= 15 is 0 Å². The van der Waals surface area contributed by atoms with Gasteiger partial charge in [-0.15, -0.1) is 11.3 Å². The largest absolute Gasteiger partial charge is 0.381 e. The highest BCUT2D eigenvalue weighted by molar-refractivity contribution is 7.16. The number of nitrogens with zero attached hydrogens (tertiary/aromatic N) is 2. The Morgan fingerprint density at radius 1 is 1.63 bits per heavy atom. The van der Waals surface area contributed by atoms with Crippen LogP contribution in [0.2, 0.25) is 4.34 Å². The lowest BCUT2D eigenvalue weighted by Crippen LogP contribution is -2.41. The molecule has 2 heterocycles. The maximum Gasteiger partial charge on any atom is 0.193 e. The molecule has 1 aromatic heterocycles. The second kappa shape index (κ2) is 7.12. The van der Waals surface area contributed by atoms with Crippen molar-refractivity contribution >= 4 is 28.9 Å². The van der Waals surface area contributed by atoms with E-state index in [2.05, 4.69) is 22.3 Å². The molecule has 0 aliphatic carbocycles. The summed E-state index contributed by atoms with van der Waals surface area (Å²) in [6, 6.07) is 3.96. The number of hydrogen-bond acceptors (Lipinski definition) is 3. The van der Waals surface area contributed by atoms with Gasteiger partial charge in [0.05, 0.1) is 17.5 Å². The maximum atomic E-state index is 5.92. The molecule has 1 atom stereocenters. The minimum atomic E-state index is 0.611. The Morgan fingerprint density at radius 2 is 2.47 bits per heavy atom. The molecule has 1 aliphatic rings. The lowest BCUT2D eigenvalue weighted by molar-refractivity contribution is 0.181. The van der Waals surface area contributed by atoms with E-state index in [0.717, 1.165) is 43.0 Å². The van der Waals surface area contributed by atoms with Crippen molar-refractivity contribution in [3.05, 3.63) is 21.3 Å². The Labute approximate surface area is 123 Å². The van der Waals surface area contributed by atoms with Crippen LogP contribution in [-0.2, 0) is 11.3 Å². The van der Waals surface area contributed by atoms with E-state index in [-0.39, 0.29) is 0 Å². The molecule has 1 N–H and O–H groups in total. The first-order valence-electron chi connectivity index (χ1n) is 6.42. The highest BCUT2D eigenvalue weighted by Gasteiger charge is 2.18. The summed E-state index contributed by atoms with van der Waals surface area (Å²) in [5.41, 5.74) is 0. The molecule has 1 aliphatic heterocycles. The Hall–Kier alpha value is -0.780. The Morgan fingerprint density at radius 3 is 3.05 bits per heavy atom. The van der Waals surface area contributed by atoms with Crippen molar-refractivity contribution < 1.29 is 4.74 Å². The van der Waals surface area contributed by atoms with Gasteiger partial charge in [0.1, 0.15) is 0 Å². The van der Waals surface area contributed by atoms with Gasteiger partial charge in [-0.05, 0) is 18.6 Å². The van der Waals surface area contributed by atoms with E-state index in [1.54, 1.807) is 11.3 Å². The van der Waals surface area contributed by atoms with Gasteiger partial charge in [-0.25, -0.2) is 0 Å². The van der Waals surface area contributed by atoms with E-state index < -0.39 is 0 Å². The van der Waals surface area contributed by atoms with Gasteiger partial charge in [0.15, 0.2) is 5.96 Å². The van der Waals surface area contributed by atoms with Crippen LogP contribution in [0.25, 0.3) is 0 Å². The van der Waals surface area contributed by atoms with Gasteiger partial charge in [-0.2, -0.15) is 0 Å². The maximum absolute atomic E-state index is 5.92. The number of thiophene rings is 1. The summed E-state index contributed by atoms with van der Waals surface area (Å²) in [6.07, 6.45) is 1.14. The third-order valence-electron chi connectivity index (χ3n) is 3.18. The molecule has 1 fully saturated rings. The molecule has 0 amide bonds. The van der Waals surface area contributed by atoms with Gasteiger partial charge in [-0.3, -0.25) is 4.99 Å². The second-order valence-corrected chi connectivity index (χ2v) is 6.52. The quantitative estimate of drug-likeness (QED) is 0.685. The molecule has 2 rings (SSSR count). The minimum Gasteiger partial charge on any atom is -0.381 e. The molecule has 0 bridgehead atoms. The molecule has 6 heteroatoms. The molecule has 106 valence electrons. The molecule has 1 unspecified atom stereocenters. The van der Waals surface area contributed by atoms with Crippen LogP contribution >= 0.6 is 22.9 Å². The molecule has 0 spiro atoms. The summed E-state index contributed by atoms with van der Waals surface area (Å²) < 4.78 is 6.23. The van der Waals surface area contributed by atoms with Gasteiger partial charge in [0, 0.05) is 38.0 Å². The average molecular weight is 302 g/mol. The van der Waals surface area contributed by atoms with E-state index in [0.29, 0.717) is 5.92 Å². The molecule has 0 radical (unpaired) electrons. The van der Waals surface area contributed by atoms with Crippen LogP contribution in [-0.4, -0.2) is 44.7 Å². The van der Waals surface area contributed by atoms with Crippen molar-refractivity contribution in [1.82, 2.24) is 10.2 Å². The van der Waals surface area contributed by atoms with Crippen LogP contribution in [0.15, 0.2) is 17.1 Å². The van der Waals surface area contributed by atoms with Gasteiger partial charge in [0.2, 0.25) is 0 Å². The average Bonchev–Trinajstić information content (AvgIpc) is 3.02. The third-order valence-corrected chi connectivity index (χ3v) is 4.41. The fourth-order valence-electron chi connectivity index (χ4n) is 2.20. The van der Waals surface area contributed by atoms with Crippen LogP contribution in [0.3, 0.4) is 0 Å². The van der Waals surface area contributed by atoms with E-state index in [9.17, 15) is 0 Å². The van der Waals surface area contributed by atoms with Crippen LogP contribution < -0.4 is 5.32 Å². The smallest absolute Gasteiger partial charge is 0.193 e. The van der Waals surface area contributed by atoms with Crippen molar-refractivity contribution in [3.8, 4) is 0 Å². The molecule has 1 saturated heterocycles. The number of nitrogens with one attached hydrogen (secondary N) is 1. The Bertz CT molecular complexity index is 429. The van der Waals surface area contributed by atoms with Crippen LogP contribution in [0, 0.1) is 5.92 Å². The summed E-state index contributed by atoms with van der Waals surface area (Å²) in [4.78, 5) is 7.69. The second-order valence-electron chi connectivity index (χ2n) is 4.72. The summed E-state index contributed by atoms with van der Waals surface area (Å²) in [5, 5.41) is 3.36. The lowest BCUT2D eigenvalue weighted by Gasteiger charge is -2.24. The van der Waals surface area contributed by atoms with Crippen molar-refractivity contribution in [2.75, 3.05) is 33.9 Å². The summed E-state index contributed by atoms with van der Waals surface area (Å²) in [7, 11) is 3.88. The van der Waals surface area contributed by atoms with Gasteiger partial charge in [-0.1, -0.05) is 11.6 Å². The van der Waals surface area contributed by atoms with Crippen molar-refractivity contribution in [1.29, 1.82) is 0 Å². The summed E-state index contributed by atoms with van der Waals surface area (Å²) >= 11 is 7.52. The zero-order valence-corrected chi connectivity index (χ0v) is 12.9. The van der Waals surface area contributed by atoms with Gasteiger partial charge >= 0.3 is 0 Å². The van der Waals surface area contributed by atoms with E-state index in [1.165, 1.54) is 4.88 Å². The third kappa shape index (κ3) is 4.37. The molecule has 0 saturated carbocycles. The normalized spacial score (nSPS) is 19.7.